The van der Waals surface area contributed by atoms with Crippen LogP contribution in [-0.2, 0) is 38.7 Å². The van der Waals surface area contributed by atoms with Gasteiger partial charge < -0.3 is 0 Å². The van der Waals surface area contributed by atoms with Crippen molar-refractivity contribution in [3.63, 3.8) is 0 Å². The second kappa shape index (κ2) is 7.82. The molecule has 0 heterocycles. The number of rotatable bonds is 7. The Labute approximate surface area is 102 Å². The van der Waals surface area contributed by atoms with Gasteiger partial charge in [-0.1, -0.05) is 0 Å². The predicted molar refractivity (Wildman–Crippen MR) is 69.7 cm³/mol. The van der Waals surface area contributed by atoms with E-state index < -0.39 is 18.1 Å². The van der Waals surface area contributed by atoms with E-state index in [9.17, 15) is 8.42 Å². The highest BCUT2D eigenvalue weighted by atomic mass is 32.9. The molecular formula is C6H16O6S4+2. The standard InChI is InChI=1S/C6H14O6S4/c7-15(8,9)13-5-3-1-2-4-6-14-16(10,11)12/h1-6H2,(H2-2,7,8,9,10,11,12)/p+2. The number of hydrogen-bond acceptors (Lipinski definition) is 2. The molecule has 16 heavy (non-hydrogen) atoms. The molecule has 0 radical (unpaired) electrons. The maximum Gasteiger partial charge on any atom is 0.430 e. The lowest BCUT2D eigenvalue weighted by molar-refractivity contribution is 0.448. The van der Waals surface area contributed by atoms with Gasteiger partial charge in [-0.25, -0.2) is 0 Å². The first-order valence-electron chi connectivity index (χ1n) is 4.47. The van der Waals surface area contributed by atoms with Gasteiger partial charge in [-0.2, -0.15) is 8.42 Å². The van der Waals surface area contributed by atoms with Crippen molar-refractivity contribution in [2.45, 2.75) is 25.7 Å². The summed E-state index contributed by atoms with van der Waals surface area (Å²) in [6.07, 6.45) is 3.00. The lowest BCUT2D eigenvalue weighted by Gasteiger charge is -1.89. The molecule has 0 aliphatic carbocycles. The van der Waals surface area contributed by atoms with Crippen molar-refractivity contribution in [2.24, 2.45) is 0 Å². The molecule has 10 heteroatoms. The molecule has 0 unspecified atom stereocenters. The van der Waals surface area contributed by atoms with Crippen molar-refractivity contribution in [3.05, 3.63) is 0 Å². The third kappa shape index (κ3) is 14.6. The summed E-state index contributed by atoms with van der Waals surface area (Å²) < 4.78 is 54.8. The first-order chi connectivity index (χ1) is 7.21. The van der Waals surface area contributed by atoms with Crippen LogP contribution in [0.3, 0.4) is 0 Å². The fourth-order valence-corrected chi connectivity index (χ4v) is 3.98. The Morgan fingerprint density at radius 3 is 1.25 bits per heavy atom. The average Bonchev–Trinajstić information content (AvgIpc) is 2.06. The highest BCUT2D eigenvalue weighted by Gasteiger charge is 2.10. The normalized spacial score (nSPS) is 12.5. The quantitative estimate of drug-likeness (QED) is 0.412. The topological polar surface area (TPSA) is 115 Å². The zero-order valence-electron chi connectivity index (χ0n) is 8.48. The number of hydrogen-bond donors (Lipinski definition) is 4. The van der Waals surface area contributed by atoms with E-state index in [2.05, 4.69) is 0 Å². The zero-order chi connectivity index (χ0) is 12.7. The Morgan fingerprint density at radius 2 is 1.00 bits per heavy atom. The van der Waals surface area contributed by atoms with E-state index in [1.54, 1.807) is 0 Å². The first-order valence-corrected chi connectivity index (χ1v) is 10.4. The van der Waals surface area contributed by atoms with Crippen LogP contribution in [0.15, 0.2) is 0 Å². The van der Waals surface area contributed by atoms with Crippen LogP contribution < -0.4 is 0 Å². The van der Waals surface area contributed by atoms with Crippen LogP contribution in [0.25, 0.3) is 0 Å². The van der Waals surface area contributed by atoms with Crippen LogP contribution in [0.2, 0.25) is 0 Å². The molecule has 4 N–H and O–H groups in total. The Hall–Kier alpha value is 0.580. The van der Waals surface area contributed by atoms with Crippen LogP contribution in [0.1, 0.15) is 25.7 Å². The Morgan fingerprint density at radius 1 is 0.688 bits per heavy atom. The Balaban J connectivity index is 3.50. The average molecular weight is 312 g/mol. The minimum atomic E-state index is -3.68. The second-order valence-electron chi connectivity index (χ2n) is 2.95. The van der Waals surface area contributed by atoms with Gasteiger partial charge in [0.15, 0.2) is 11.5 Å². The lowest BCUT2D eigenvalue weighted by Crippen LogP contribution is -1.99. The largest absolute Gasteiger partial charge is 0.430 e. The minimum absolute atomic E-state index is 0.399. The maximum absolute atomic E-state index is 10.4. The summed E-state index contributed by atoms with van der Waals surface area (Å²) in [7, 11) is -6.15. The molecule has 6 nitrogen and oxygen atoms in total. The molecule has 98 valence electrons. The summed E-state index contributed by atoms with van der Waals surface area (Å²) in [5, 5.41) is 0. The van der Waals surface area contributed by atoms with Crippen molar-refractivity contribution in [1.29, 1.82) is 0 Å². The van der Waals surface area contributed by atoms with Gasteiger partial charge >= 0.3 is 18.1 Å². The molecule has 0 saturated heterocycles. The van der Waals surface area contributed by atoms with Gasteiger partial charge in [0.2, 0.25) is 0 Å². The van der Waals surface area contributed by atoms with Crippen LogP contribution in [-0.4, -0.2) is 38.1 Å². The molecule has 0 aliphatic heterocycles. The molecule has 0 bridgehead atoms. The van der Waals surface area contributed by atoms with Crippen LogP contribution >= 0.6 is 0 Å². The van der Waals surface area contributed by atoms with Gasteiger partial charge in [0.1, 0.15) is 0 Å². The molecule has 0 amide bonds. The Bertz CT molecular complexity index is 359. The van der Waals surface area contributed by atoms with Crippen LogP contribution in [0.4, 0.5) is 0 Å². The zero-order valence-corrected chi connectivity index (χ0v) is 11.7. The van der Waals surface area contributed by atoms with E-state index >= 15 is 0 Å². The van der Waals surface area contributed by atoms with Crippen molar-refractivity contribution in [2.75, 3.05) is 11.5 Å². The SMILES string of the molecule is O=S(O)(O)=[S+]CCCCCC[S+]=S(=O)(O)O. The summed E-state index contributed by atoms with van der Waals surface area (Å²) in [4.78, 5) is 0. The minimum Gasteiger partial charge on any atom is -0.251 e. The van der Waals surface area contributed by atoms with Crippen LogP contribution in [0, 0.1) is 0 Å². The van der Waals surface area contributed by atoms with E-state index in [4.69, 9.17) is 18.2 Å². The van der Waals surface area contributed by atoms with E-state index in [-0.39, 0.29) is 0 Å². The summed E-state index contributed by atoms with van der Waals surface area (Å²) in [6, 6.07) is 0. The maximum atomic E-state index is 10.4. The molecule has 0 aromatic rings. The molecule has 0 aromatic carbocycles. The fourth-order valence-electron chi connectivity index (χ4n) is 0.893. The third-order valence-electron chi connectivity index (χ3n) is 1.51. The summed E-state index contributed by atoms with van der Waals surface area (Å²) >= 11 is 0. The van der Waals surface area contributed by atoms with E-state index in [1.807, 2.05) is 0 Å². The van der Waals surface area contributed by atoms with Crippen molar-refractivity contribution in [3.8, 4) is 0 Å². The molecule has 0 aromatic heterocycles. The third-order valence-corrected chi connectivity index (χ3v) is 5.88. The van der Waals surface area contributed by atoms with E-state index in [0.29, 0.717) is 45.0 Å². The Kier molecular flexibility index (Phi) is 8.10. The van der Waals surface area contributed by atoms with Gasteiger partial charge in [-0.05, 0) is 12.8 Å². The first kappa shape index (κ1) is 16.6. The van der Waals surface area contributed by atoms with Gasteiger partial charge in [0.25, 0.3) is 20.6 Å². The van der Waals surface area contributed by atoms with Gasteiger partial charge in [0.05, 0.1) is 0 Å². The molecule has 0 rings (SSSR count). The summed E-state index contributed by atoms with van der Waals surface area (Å²) in [6.45, 7) is 0. The van der Waals surface area contributed by atoms with Crippen LogP contribution in [0.5, 0.6) is 0 Å². The van der Waals surface area contributed by atoms with Gasteiger partial charge in [-0.15, -0.1) is 0 Å². The van der Waals surface area contributed by atoms with E-state index in [1.165, 1.54) is 0 Å². The lowest BCUT2D eigenvalue weighted by atomic mass is 10.2. The van der Waals surface area contributed by atoms with E-state index in [0.717, 1.165) is 12.8 Å². The molecule has 0 aliphatic rings. The van der Waals surface area contributed by atoms with Gasteiger partial charge in [0, 0.05) is 12.8 Å². The summed E-state index contributed by atoms with van der Waals surface area (Å²) in [5.74, 6) is 0.797. The van der Waals surface area contributed by atoms with Crippen molar-refractivity contribution >= 4 is 38.7 Å². The highest BCUT2D eigenvalue weighted by Crippen LogP contribution is 2.00. The molecule has 0 spiro atoms. The highest BCUT2D eigenvalue weighted by molar-refractivity contribution is 8.34. The van der Waals surface area contributed by atoms with Gasteiger partial charge in [-0.3, -0.25) is 18.2 Å². The summed E-state index contributed by atoms with van der Waals surface area (Å²) in [5.41, 5.74) is 0. The second-order valence-corrected chi connectivity index (χ2v) is 10.1. The predicted octanol–water partition coefficient (Wildman–Crippen LogP) is 1.00. The molecular weight excluding hydrogens is 296 g/mol. The number of unbranched alkanes of at least 4 members (excludes halogenated alkanes) is 3. The monoisotopic (exact) mass is 312 g/mol. The van der Waals surface area contributed by atoms with Crippen molar-refractivity contribution in [1.82, 2.24) is 0 Å². The smallest absolute Gasteiger partial charge is 0.251 e. The fraction of sp³-hybridized carbons (Fsp3) is 1.00. The molecule has 0 saturated carbocycles. The molecule has 0 fully saturated rings. The van der Waals surface area contributed by atoms with Crippen molar-refractivity contribution < 1.29 is 26.6 Å². The molecule has 0 atom stereocenters.